The first kappa shape index (κ1) is 19.8. The molecule has 0 radical (unpaired) electrons. The van der Waals surface area contributed by atoms with Crippen molar-refractivity contribution in [3.05, 3.63) is 54.1 Å². The third kappa shape index (κ3) is 6.10. The number of nitrogens with zero attached hydrogens (tertiary/aromatic N) is 1. The molecule has 1 aromatic carbocycles. The van der Waals surface area contributed by atoms with Crippen molar-refractivity contribution in [3.63, 3.8) is 0 Å². The smallest absolute Gasteiger partial charge is 0.178 e. The summed E-state index contributed by atoms with van der Waals surface area (Å²) in [5, 5.41) is 19.8. The highest BCUT2D eigenvalue weighted by Crippen LogP contribution is 2.21. The Morgan fingerprint density at radius 1 is 0.833 bits per heavy atom. The van der Waals surface area contributed by atoms with Crippen LogP contribution in [0.25, 0.3) is 0 Å². The number of allylic oxidation sites excluding steroid dienone is 4. The molecule has 2 N–H and O–H groups in total. The van der Waals surface area contributed by atoms with Crippen molar-refractivity contribution in [2.75, 3.05) is 4.90 Å². The molecule has 0 aliphatic heterocycles. The second-order valence-corrected chi connectivity index (χ2v) is 5.49. The van der Waals surface area contributed by atoms with Gasteiger partial charge in [0.05, 0.1) is 0 Å². The monoisotopic (exact) mass is 331 g/mol. The minimum atomic E-state index is -0.641. The lowest BCUT2D eigenvalue weighted by atomic mass is 10.2. The predicted octanol–water partition coefficient (Wildman–Crippen LogP) is 2.51. The van der Waals surface area contributed by atoms with Crippen molar-refractivity contribution >= 4 is 17.3 Å². The van der Waals surface area contributed by atoms with Crippen molar-refractivity contribution in [3.8, 4) is 0 Å². The fraction of sp³-hybridized carbons (Fsp3) is 0.368. The Balaban J connectivity index is 0.000000300. The Morgan fingerprint density at radius 2 is 1.21 bits per heavy atom. The van der Waals surface area contributed by atoms with Crippen LogP contribution in [0.1, 0.15) is 32.3 Å². The van der Waals surface area contributed by atoms with E-state index in [0.717, 1.165) is 5.69 Å². The number of carbonyl (C=O) groups is 2. The summed E-state index contributed by atoms with van der Waals surface area (Å²) in [6.45, 7) is 5.81. The van der Waals surface area contributed by atoms with Crippen LogP contribution in [0, 0.1) is 6.92 Å². The lowest BCUT2D eigenvalue weighted by Gasteiger charge is -2.33. The van der Waals surface area contributed by atoms with Crippen LogP contribution in [-0.4, -0.2) is 34.2 Å². The van der Waals surface area contributed by atoms with Crippen molar-refractivity contribution in [2.24, 2.45) is 0 Å². The standard InChI is InChI=1S/C13H21NO2.C6H4O2/c1-4-12(15)14(13(16)5-2)11-8-6-10(3)7-9-11;7-5-1-2-6(8)4-3-5/h6-9,12-13,15-16H,4-5H2,1-3H3;1-4H. The summed E-state index contributed by atoms with van der Waals surface area (Å²) < 4.78 is 0. The van der Waals surface area contributed by atoms with E-state index in [-0.39, 0.29) is 11.6 Å². The van der Waals surface area contributed by atoms with Gasteiger partial charge in [0.1, 0.15) is 12.5 Å². The highest BCUT2D eigenvalue weighted by atomic mass is 16.3. The molecule has 2 atom stereocenters. The van der Waals surface area contributed by atoms with Gasteiger partial charge in [0.15, 0.2) is 11.6 Å². The van der Waals surface area contributed by atoms with Crippen LogP contribution in [-0.2, 0) is 9.59 Å². The number of aryl methyl sites for hydroxylation is 1. The molecule has 2 rings (SSSR count). The summed E-state index contributed by atoms with van der Waals surface area (Å²) in [5.41, 5.74) is 2.02. The average molecular weight is 331 g/mol. The number of carbonyl (C=O) groups excluding carboxylic acids is 2. The molecule has 0 heterocycles. The molecule has 1 aromatic rings. The van der Waals surface area contributed by atoms with Crippen LogP contribution in [0.4, 0.5) is 5.69 Å². The third-order valence-corrected chi connectivity index (χ3v) is 3.53. The minimum Gasteiger partial charge on any atom is -0.374 e. The number of anilines is 1. The fourth-order valence-corrected chi connectivity index (χ4v) is 2.09. The molecular formula is C19H25NO4. The largest absolute Gasteiger partial charge is 0.374 e. The maximum Gasteiger partial charge on any atom is 0.178 e. The summed E-state index contributed by atoms with van der Waals surface area (Å²) in [6, 6.07) is 7.81. The molecule has 5 nitrogen and oxygen atoms in total. The number of aliphatic hydroxyl groups excluding tert-OH is 2. The number of rotatable bonds is 5. The summed E-state index contributed by atoms with van der Waals surface area (Å²) in [5.74, 6) is -0.241. The molecule has 0 saturated heterocycles. The zero-order valence-corrected chi connectivity index (χ0v) is 14.3. The van der Waals surface area contributed by atoms with Crippen LogP contribution < -0.4 is 4.90 Å². The zero-order valence-electron chi connectivity index (χ0n) is 14.3. The number of hydrogen-bond donors (Lipinski definition) is 2. The molecule has 0 fully saturated rings. The SMILES string of the molecule is CCC(O)N(c1ccc(C)cc1)C(O)CC.O=C1C=CC(=O)C=C1. The molecule has 1 aliphatic carbocycles. The third-order valence-electron chi connectivity index (χ3n) is 3.53. The van der Waals surface area contributed by atoms with E-state index in [1.54, 1.807) is 4.90 Å². The van der Waals surface area contributed by atoms with Crippen LogP contribution >= 0.6 is 0 Å². The molecule has 0 spiro atoms. The van der Waals surface area contributed by atoms with E-state index >= 15 is 0 Å². The molecule has 1 aliphatic rings. The van der Waals surface area contributed by atoms with Crippen molar-refractivity contribution in [1.82, 2.24) is 0 Å². The van der Waals surface area contributed by atoms with Gasteiger partial charge in [0, 0.05) is 5.69 Å². The van der Waals surface area contributed by atoms with E-state index in [0.29, 0.717) is 12.8 Å². The molecular weight excluding hydrogens is 306 g/mol. The van der Waals surface area contributed by atoms with E-state index in [4.69, 9.17) is 0 Å². The van der Waals surface area contributed by atoms with Gasteiger partial charge in [0.25, 0.3) is 0 Å². The molecule has 24 heavy (non-hydrogen) atoms. The molecule has 0 bridgehead atoms. The quantitative estimate of drug-likeness (QED) is 0.640. The average Bonchev–Trinajstić information content (AvgIpc) is 2.59. The maximum absolute atomic E-state index is 10.3. The van der Waals surface area contributed by atoms with Crippen molar-refractivity contribution in [1.29, 1.82) is 0 Å². The summed E-state index contributed by atoms with van der Waals surface area (Å²) in [4.78, 5) is 22.2. The number of hydrogen-bond acceptors (Lipinski definition) is 5. The zero-order chi connectivity index (χ0) is 18.1. The summed E-state index contributed by atoms with van der Waals surface area (Å²) in [7, 11) is 0. The van der Waals surface area contributed by atoms with Gasteiger partial charge in [-0.1, -0.05) is 31.5 Å². The first-order valence-corrected chi connectivity index (χ1v) is 8.04. The van der Waals surface area contributed by atoms with Crippen molar-refractivity contribution < 1.29 is 19.8 Å². The van der Waals surface area contributed by atoms with E-state index < -0.39 is 12.5 Å². The highest BCUT2D eigenvalue weighted by Gasteiger charge is 2.20. The number of ketones is 2. The van der Waals surface area contributed by atoms with Gasteiger partial charge in [-0.25, -0.2) is 0 Å². The Bertz CT molecular complexity index is 556. The molecule has 0 saturated carbocycles. The maximum atomic E-state index is 10.3. The lowest BCUT2D eigenvalue weighted by molar-refractivity contribution is -0.113. The second kappa shape index (κ2) is 9.80. The van der Waals surface area contributed by atoms with E-state index in [1.165, 1.54) is 29.9 Å². The second-order valence-electron chi connectivity index (χ2n) is 5.49. The van der Waals surface area contributed by atoms with Gasteiger partial charge in [-0.15, -0.1) is 0 Å². The summed E-state index contributed by atoms with van der Waals surface area (Å²) in [6.07, 6.45) is 4.90. The summed E-state index contributed by atoms with van der Waals surface area (Å²) >= 11 is 0. The van der Waals surface area contributed by atoms with Gasteiger partial charge >= 0.3 is 0 Å². The number of aliphatic hydroxyl groups is 2. The molecule has 5 heteroatoms. The Hall–Kier alpha value is -2.24. The van der Waals surface area contributed by atoms with E-state index in [2.05, 4.69) is 0 Å². The number of benzene rings is 1. The van der Waals surface area contributed by atoms with Gasteiger partial charge in [-0.3, -0.25) is 9.59 Å². The Labute approximate surface area is 142 Å². The van der Waals surface area contributed by atoms with Crippen LogP contribution in [0.2, 0.25) is 0 Å². The topological polar surface area (TPSA) is 77.8 Å². The van der Waals surface area contributed by atoms with Gasteiger partial charge < -0.3 is 15.1 Å². The highest BCUT2D eigenvalue weighted by molar-refractivity contribution is 6.14. The first-order valence-electron chi connectivity index (χ1n) is 8.04. The van der Waals surface area contributed by atoms with Gasteiger partial charge in [-0.05, 0) is 56.2 Å². The molecule has 130 valence electrons. The van der Waals surface area contributed by atoms with E-state index in [1.807, 2.05) is 45.0 Å². The van der Waals surface area contributed by atoms with Crippen LogP contribution in [0.3, 0.4) is 0 Å². The van der Waals surface area contributed by atoms with Crippen molar-refractivity contribution in [2.45, 2.75) is 46.1 Å². The lowest BCUT2D eigenvalue weighted by Crippen LogP contribution is -2.42. The fourth-order valence-electron chi connectivity index (χ4n) is 2.09. The molecule has 2 unspecified atom stereocenters. The normalized spacial score (nSPS) is 15.5. The van der Waals surface area contributed by atoms with Crippen LogP contribution in [0.15, 0.2) is 48.6 Å². The molecule has 0 aromatic heterocycles. The van der Waals surface area contributed by atoms with E-state index in [9.17, 15) is 19.8 Å². The minimum absolute atomic E-state index is 0.121. The Kier molecular flexibility index (Phi) is 8.09. The van der Waals surface area contributed by atoms with Gasteiger partial charge in [-0.2, -0.15) is 0 Å². The molecule has 0 amide bonds. The predicted molar refractivity (Wildman–Crippen MR) is 94.5 cm³/mol. The first-order chi connectivity index (χ1) is 11.4. The Morgan fingerprint density at radius 3 is 1.54 bits per heavy atom. The van der Waals surface area contributed by atoms with Crippen LogP contribution in [0.5, 0.6) is 0 Å². The van der Waals surface area contributed by atoms with Gasteiger partial charge in [0.2, 0.25) is 0 Å².